The van der Waals surface area contributed by atoms with Crippen LogP contribution in [0.3, 0.4) is 0 Å². The Balaban J connectivity index is 1.49. The van der Waals surface area contributed by atoms with E-state index >= 15 is 0 Å². The van der Waals surface area contributed by atoms with Crippen LogP contribution >= 0.6 is 11.6 Å². The van der Waals surface area contributed by atoms with Crippen LogP contribution in [0.25, 0.3) is 11.1 Å². The first kappa shape index (κ1) is 28.8. The van der Waals surface area contributed by atoms with E-state index in [2.05, 4.69) is 15.5 Å². The van der Waals surface area contributed by atoms with Gasteiger partial charge in [0.25, 0.3) is 0 Å². The molecule has 3 aromatic rings. The topological polar surface area (TPSA) is 109 Å². The van der Waals surface area contributed by atoms with Crippen molar-refractivity contribution in [3.05, 3.63) is 70.8 Å². The van der Waals surface area contributed by atoms with Gasteiger partial charge in [-0.25, -0.2) is 0 Å². The maximum atomic E-state index is 13.8. The molecule has 4 rings (SSSR count). The van der Waals surface area contributed by atoms with Gasteiger partial charge in [0.2, 0.25) is 11.8 Å². The second-order valence-electron chi connectivity index (χ2n) is 11.7. The molecule has 1 aliphatic heterocycles. The van der Waals surface area contributed by atoms with Crippen LogP contribution in [0.2, 0.25) is 5.02 Å². The quantitative estimate of drug-likeness (QED) is 0.413. The predicted octanol–water partition coefficient (Wildman–Crippen LogP) is 5.27. The molecule has 3 heterocycles. The van der Waals surface area contributed by atoms with Crippen molar-refractivity contribution in [2.45, 2.75) is 77.5 Å². The molecule has 0 aliphatic carbocycles. The number of carbonyl (C=O) groups is 2. The fourth-order valence-electron chi connectivity index (χ4n) is 4.94. The van der Waals surface area contributed by atoms with Gasteiger partial charge in [-0.2, -0.15) is 0 Å². The minimum atomic E-state index is -0.783. The molecule has 1 fully saturated rings. The van der Waals surface area contributed by atoms with E-state index in [4.69, 9.17) is 16.1 Å². The highest BCUT2D eigenvalue weighted by Gasteiger charge is 2.43. The van der Waals surface area contributed by atoms with Crippen LogP contribution in [-0.2, 0) is 15.0 Å². The molecule has 1 aromatic carbocycles. The molecule has 0 bridgehead atoms. The fourth-order valence-corrected chi connectivity index (χ4v) is 5.16. The number of pyridine rings is 1. The van der Waals surface area contributed by atoms with E-state index in [0.29, 0.717) is 10.8 Å². The molecule has 9 heteroatoms. The maximum absolute atomic E-state index is 13.8. The number of likely N-dealkylation sites (tertiary alicyclic amines) is 1. The van der Waals surface area contributed by atoms with Gasteiger partial charge in [-0.15, -0.1) is 0 Å². The SMILES string of the molecule is CC(C)[C@@H](C(=O)N1C[C@H](O)C[C@H]1C(=O)N[C@@H](C)c1ccc(-c2cnccc2Cl)cc1)c1cc(C(C)(C)C)no1. The van der Waals surface area contributed by atoms with Gasteiger partial charge in [-0.1, -0.05) is 75.6 Å². The lowest BCUT2D eigenvalue weighted by molar-refractivity contribution is -0.141. The number of halogens is 1. The summed E-state index contributed by atoms with van der Waals surface area (Å²) in [5, 5.41) is 18.3. The number of aromatic nitrogens is 2. The molecule has 0 radical (unpaired) electrons. The molecule has 2 N–H and O–H groups in total. The summed E-state index contributed by atoms with van der Waals surface area (Å²) in [6.07, 6.45) is 2.75. The Kier molecular flexibility index (Phi) is 8.47. The summed E-state index contributed by atoms with van der Waals surface area (Å²) in [6.45, 7) is 11.9. The molecule has 0 unspecified atom stereocenters. The zero-order valence-electron chi connectivity index (χ0n) is 23.3. The Labute approximate surface area is 234 Å². The average Bonchev–Trinajstić information content (AvgIpc) is 3.51. The van der Waals surface area contributed by atoms with Crippen molar-refractivity contribution < 1.29 is 19.2 Å². The molecular weight excluding hydrogens is 516 g/mol. The van der Waals surface area contributed by atoms with Crippen molar-refractivity contribution in [3.8, 4) is 11.1 Å². The monoisotopic (exact) mass is 552 g/mol. The standard InChI is InChI=1S/C30H37ClN4O4/c1-17(2)27(25-14-26(34-39-25)30(4,5)6)29(38)35-16-21(36)13-24(35)28(37)33-18(3)19-7-9-20(10-8-19)22-15-32-12-11-23(22)31/h7-12,14-15,17-18,21,24,27,36H,13,16H2,1-6H3,(H,33,37)/t18-,21+,24-,27+/m0/s1. The number of aliphatic hydroxyl groups is 1. The zero-order valence-corrected chi connectivity index (χ0v) is 24.1. The van der Waals surface area contributed by atoms with Crippen molar-refractivity contribution in [3.63, 3.8) is 0 Å². The zero-order chi connectivity index (χ0) is 28.5. The lowest BCUT2D eigenvalue weighted by Crippen LogP contribution is -2.48. The van der Waals surface area contributed by atoms with Crippen molar-refractivity contribution >= 4 is 23.4 Å². The van der Waals surface area contributed by atoms with E-state index in [-0.39, 0.29) is 42.2 Å². The van der Waals surface area contributed by atoms with Gasteiger partial charge in [0.1, 0.15) is 17.7 Å². The first-order chi connectivity index (χ1) is 18.4. The molecular formula is C30H37ClN4O4. The largest absolute Gasteiger partial charge is 0.391 e. The number of aliphatic hydroxyl groups excluding tert-OH is 1. The molecule has 8 nitrogen and oxygen atoms in total. The van der Waals surface area contributed by atoms with Crippen LogP contribution < -0.4 is 5.32 Å². The number of hydrogen-bond donors (Lipinski definition) is 2. The predicted molar refractivity (Wildman–Crippen MR) is 150 cm³/mol. The number of nitrogens with one attached hydrogen (secondary N) is 1. The smallest absolute Gasteiger partial charge is 0.243 e. The minimum Gasteiger partial charge on any atom is -0.391 e. The fraction of sp³-hybridized carbons (Fsp3) is 0.467. The lowest BCUT2D eigenvalue weighted by Gasteiger charge is -2.29. The van der Waals surface area contributed by atoms with Gasteiger partial charge in [0.15, 0.2) is 0 Å². The molecule has 2 aromatic heterocycles. The summed E-state index contributed by atoms with van der Waals surface area (Å²) < 4.78 is 5.62. The Morgan fingerprint density at radius 1 is 1.15 bits per heavy atom. The number of amides is 2. The summed E-state index contributed by atoms with van der Waals surface area (Å²) in [5.41, 5.74) is 3.19. The van der Waals surface area contributed by atoms with Crippen LogP contribution in [0.15, 0.2) is 53.3 Å². The maximum Gasteiger partial charge on any atom is 0.243 e. The van der Waals surface area contributed by atoms with Crippen molar-refractivity contribution in [2.24, 2.45) is 5.92 Å². The molecule has 208 valence electrons. The van der Waals surface area contributed by atoms with Gasteiger partial charge in [-0.3, -0.25) is 14.6 Å². The highest BCUT2D eigenvalue weighted by molar-refractivity contribution is 6.33. The molecule has 2 amide bonds. The number of rotatable bonds is 7. The van der Waals surface area contributed by atoms with Crippen LogP contribution in [0.5, 0.6) is 0 Å². The molecule has 1 aliphatic rings. The van der Waals surface area contributed by atoms with Gasteiger partial charge in [0.05, 0.1) is 22.9 Å². The van der Waals surface area contributed by atoms with Crippen LogP contribution in [0.4, 0.5) is 0 Å². The van der Waals surface area contributed by atoms with Crippen molar-refractivity contribution in [1.82, 2.24) is 20.4 Å². The van der Waals surface area contributed by atoms with E-state index in [9.17, 15) is 14.7 Å². The van der Waals surface area contributed by atoms with E-state index in [1.54, 1.807) is 18.5 Å². The van der Waals surface area contributed by atoms with Gasteiger partial charge >= 0.3 is 0 Å². The number of benzene rings is 1. The van der Waals surface area contributed by atoms with Crippen molar-refractivity contribution in [2.75, 3.05) is 6.54 Å². The molecule has 0 spiro atoms. The second-order valence-corrected chi connectivity index (χ2v) is 12.1. The van der Waals surface area contributed by atoms with Crippen LogP contribution in [-0.4, -0.2) is 50.7 Å². The summed E-state index contributed by atoms with van der Waals surface area (Å²) in [4.78, 5) is 32.8. The van der Waals surface area contributed by atoms with Crippen molar-refractivity contribution in [1.29, 1.82) is 0 Å². The van der Waals surface area contributed by atoms with Gasteiger partial charge in [-0.05, 0) is 30.0 Å². The number of carbonyl (C=O) groups excluding carboxylic acids is 2. The summed E-state index contributed by atoms with van der Waals surface area (Å²) in [6, 6.07) is 10.2. The van der Waals surface area contributed by atoms with E-state index in [1.807, 2.05) is 71.9 Å². The third kappa shape index (κ3) is 6.34. The highest BCUT2D eigenvalue weighted by atomic mass is 35.5. The average molecular weight is 553 g/mol. The summed E-state index contributed by atoms with van der Waals surface area (Å²) in [5.74, 6) is -0.780. The van der Waals surface area contributed by atoms with Gasteiger partial charge < -0.3 is 19.8 Å². The molecule has 39 heavy (non-hydrogen) atoms. The summed E-state index contributed by atoms with van der Waals surface area (Å²) >= 11 is 6.30. The van der Waals surface area contributed by atoms with Gasteiger partial charge in [0, 0.05) is 42.4 Å². The minimum absolute atomic E-state index is 0.0921. The highest BCUT2D eigenvalue weighted by Crippen LogP contribution is 2.33. The first-order valence-electron chi connectivity index (χ1n) is 13.3. The molecule has 4 atom stereocenters. The van der Waals surface area contributed by atoms with E-state index < -0.39 is 18.1 Å². The number of β-amino-alcohol motifs (C(OH)–C–C–N with tert-alkyl or cyclic N) is 1. The number of hydrogen-bond acceptors (Lipinski definition) is 6. The number of nitrogens with zero attached hydrogens (tertiary/aromatic N) is 3. The molecule has 0 saturated carbocycles. The Morgan fingerprint density at radius 2 is 1.85 bits per heavy atom. The normalized spacial score (nSPS) is 19.3. The Morgan fingerprint density at radius 3 is 2.44 bits per heavy atom. The third-order valence-electron chi connectivity index (χ3n) is 7.25. The van der Waals surface area contributed by atoms with E-state index in [0.717, 1.165) is 22.4 Å². The second kappa shape index (κ2) is 11.5. The summed E-state index contributed by atoms with van der Waals surface area (Å²) in [7, 11) is 0. The third-order valence-corrected chi connectivity index (χ3v) is 7.58. The lowest BCUT2D eigenvalue weighted by atomic mass is 9.88. The van der Waals surface area contributed by atoms with Crippen LogP contribution in [0.1, 0.15) is 76.9 Å². The van der Waals surface area contributed by atoms with E-state index in [1.165, 1.54) is 4.90 Å². The molecule has 1 saturated heterocycles. The Hall–Kier alpha value is -3.23. The first-order valence-corrected chi connectivity index (χ1v) is 13.7. The Bertz CT molecular complexity index is 1310. The van der Waals surface area contributed by atoms with Crippen LogP contribution in [0, 0.1) is 5.92 Å².